The van der Waals surface area contributed by atoms with E-state index in [0.717, 1.165) is 16.3 Å². The maximum Gasteiger partial charge on any atom is 0.115 e. The fourth-order valence-electron chi connectivity index (χ4n) is 2.22. The molecule has 1 aromatic heterocycles. The van der Waals surface area contributed by atoms with Gasteiger partial charge in [-0.15, -0.1) is 11.3 Å². The fourth-order valence-corrected chi connectivity index (χ4v) is 3.06. The Labute approximate surface area is 122 Å². The van der Waals surface area contributed by atoms with E-state index in [2.05, 4.69) is 24.4 Å². The first kappa shape index (κ1) is 13.0. The molecular weight excluding hydrogens is 264 g/mol. The second-order valence-electron chi connectivity index (χ2n) is 4.77. The van der Waals surface area contributed by atoms with Gasteiger partial charge in [-0.2, -0.15) is 0 Å². The van der Waals surface area contributed by atoms with E-state index in [0.29, 0.717) is 0 Å². The van der Waals surface area contributed by atoms with E-state index in [4.69, 9.17) is 10.7 Å². The minimum atomic E-state index is -0.154. The quantitative estimate of drug-likeness (QED) is 0.782. The molecule has 0 spiro atoms. The highest BCUT2D eigenvalue weighted by atomic mass is 32.1. The summed E-state index contributed by atoms with van der Waals surface area (Å²) in [6.07, 6.45) is 0. The van der Waals surface area contributed by atoms with Crippen LogP contribution in [0.3, 0.4) is 0 Å². The Balaban J connectivity index is 1.93. The van der Waals surface area contributed by atoms with Crippen molar-refractivity contribution in [3.63, 3.8) is 0 Å². The summed E-state index contributed by atoms with van der Waals surface area (Å²) in [4.78, 5) is 4.71. The van der Waals surface area contributed by atoms with Crippen molar-refractivity contribution in [2.45, 2.75) is 13.0 Å². The lowest BCUT2D eigenvalue weighted by Crippen LogP contribution is -2.11. The minimum absolute atomic E-state index is 0.154. The number of hydrogen-bond acceptors (Lipinski definition) is 3. The highest BCUT2D eigenvalue weighted by Crippen LogP contribution is 2.29. The summed E-state index contributed by atoms with van der Waals surface area (Å²) in [5.41, 5.74) is 10.8. The molecule has 1 atom stereocenters. The zero-order valence-electron chi connectivity index (χ0n) is 11.3. The molecule has 2 N–H and O–H groups in total. The van der Waals surface area contributed by atoms with Crippen LogP contribution in [0.4, 0.5) is 0 Å². The number of thiazole rings is 1. The lowest BCUT2D eigenvalue weighted by Gasteiger charge is -2.08. The van der Waals surface area contributed by atoms with Gasteiger partial charge in [0.1, 0.15) is 5.01 Å². The van der Waals surface area contributed by atoms with E-state index >= 15 is 0 Å². The smallest absolute Gasteiger partial charge is 0.115 e. The van der Waals surface area contributed by atoms with Crippen LogP contribution in [-0.2, 0) is 0 Å². The molecular formula is C17H16N2S. The maximum absolute atomic E-state index is 6.29. The first-order valence-corrected chi connectivity index (χ1v) is 7.45. The Kier molecular flexibility index (Phi) is 3.63. The topological polar surface area (TPSA) is 38.9 Å². The normalized spacial score (nSPS) is 12.3. The number of aryl methyl sites for hydroxylation is 1. The van der Waals surface area contributed by atoms with Crippen molar-refractivity contribution in [3.8, 4) is 11.3 Å². The third-order valence-electron chi connectivity index (χ3n) is 3.37. The predicted molar refractivity (Wildman–Crippen MR) is 84.8 cm³/mol. The Morgan fingerprint density at radius 1 is 1.00 bits per heavy atom. The molecule has 0 aliphatic rings. The van der Waals surface area contributed by atoms with Gasteiger partial charge in [-0.1, -0.05) is 54.6 Å². The minimum Gasteiger partial charge on any atom is -0.318 e. The average Bonchev–Trinajstić information content (AvgIpc) is 2.97. The van der Waals surface area contributed by atoms with Crippen molar-refractivity contribution in [3.05, 3.63) is 76.1 Å². The van der Waals surface area contributed by atoms with Gasteiger partial charge in [-0.05, 0) is 18.1 Å². The SMILES string of the molecule is Cc1ccccc1-c1csc(C(N)c2ccccc2)n1. The molecule has 0 saturated carbocycles. The molecule has 0 aliphatic carbocycles. The van der Waals surface area contributed by atoms with Crippen molar-refractivity contribution in [1.82, 2.24) is 4.98 Å². The second-order valence-corrected chi connectivity index (χ2v) is 5.66. The number of benzene rings is 2. The molecule has 3 heteroatoms. The van der Waals surface area contributed by atoms with Crippen LogP contribution in [0.15, 0.2) is 60.0 Å². The lowest BCUT2D eigenvalue weighted by molar-refractivity contribution is 0.859. The summed E-state index contributed by atoms with van der Waals surface area (Å²) in [6, 6.07) is 18.2. The van der Waals surface area contributed by atoms with Crippen molar-refractivity contribution in [1.29, 1.82) is 0 Å². The molecule has 0 aliphatic heterocycles. The number of aromatic nitrogens is 1. The van der Waals surface area contributed by atoms with Gasteiger partial charge in [0.2, 0.25) is 0 Å². The van der Waals surface area contributed by atoms with Gasteiger partial charge in [-0.3, -0.25) is 0 Å². The van der Waals surface area contributed by atoms with Gasteiger partial charge < -0.3 is 5.73 Å². The van der Waals surface area contributed by atoms with Gasteiger partial charge in [0, 0.05) is 10.9 Å². The van der Waals surface area contributed by atoms with Crippen LogP contribution >= 0.6 is 11.3 Å². The molecule has 3 aromatic rings. The monoisotopic (exact) mass is 280 g/mol. The molecule has 1 heterocycles. The summed E-state index contributed by atoms with van der Waals surface area (Å²) in [5, 5.41) is 3.04. The Morgan fingerprint density at radius 3 is 2.45 bits per heavy atom. The maximum atomic E-state index is 6.29. The van der Waals surface area contributed by atoms with Crippen LogP contribution in [0.2, 0.25) is 0 Å². The van der Waals surface area contributed by atoms with Crippen LogP contribution in [0.1, 0.15) is 22.2 Å². The fraction of sp³-hybridized carbons (Fsp3) is 0.118. The summed E-state index contributed by atoms with van der Waals surface area (Å²) in [7, 11) is 0. The standard InChI is InChI=1S/C17H16N2S/c1-12-7-5-6-10-14(12)15-11-20-17(19-15)16(18)13-8-3-2-4-9-13/h2-11,16H,18H2,1H3. The lowest BCUT2D eigenvalue weighted by atomic mass is 10.1. The molecule has 0 bridgehead atoms. The Hall–Kier alpha value is -1.97. The molecule has 2 aromatic carbocycles. The van der Waals surface area contributed by atoms with E-state index in [1.165, 1.54) is 11.1 Å². The Bertz CT molecular complexity index is 704. The van der Waals surface area contributed by atoms with Crippen LogP contribution < -0.4 is 5.73 Å². The largest absolute Gasteiger partial charge is 0.318 e. The van der Waals surface area contributed by atoms with Gasteiger partial charge >= 0.3 is 0 Å². The van der Waals surface area contributed by atoms with Crippen LogP contribution in [0.25, 0.3) is 11.3 Å². The third kappa shape index (κ3) is 2.50. The molecule has 100 valence electrons. The molecule has 1 unspecified atom stereocenters. The van der Waals surface area contributed by atoms with E-state index in [9.17, 15) is 0 Å². The average molecular weight is 280 g/mol. The molecule has 0 fully saturated rings. The van der Waals surface area contributed by atoms with E-state index < -0.39 is 0 Å². The number of rotatable bonds is 3. The molecule has 0 radical (unpaired) electrons. The molecule has 2 nitrogen and oxygen atoms in total. The summed E-state index contributed by atoms with van der Waals surface area (Å²) < 4.78 is 0. The highest BCUT2D eigenvalue weighted by Gasteiger charge is 2.14. The second kappa shape index (κ2) is 5.57. The zero-order chi connectivity index (χ0) is 13.9. The first-order valence-electron chi connectivity index (χ1n) is 6.57. The summed E-state index contributed by atoms with van der Waals surface area (Å²) >= 11 is 1.62. The number of nitrogens with zero attached hydrogens (tertiary/aromatic N) is 1. The highest BCUT2D eigenvalue weighted by molar-refractivity contribution is 7.10. The van der Waals surface area contributed by atoms with Crippen molar-refractivity contribution >= 4 is 11.3 Å². The molecule has 0 amide bonds. The van der Waals surface area contributed by atoms with Crippen molar-refractivity contribution in [2.75, 3.05) is 0 Å². The van der Waals surface area contributed by atoms with Gasteiger partial charge in [0.25, 0.3) is 0 Å². The third-order valence-corrected chi connectivity index (χ3v) is 4.30. The predicted octanol–water partition coefficient (Wildman–Crippen LogP) is 4.17. The molecule has 0 saturated heterocycles. The van der Waals surface area contributed by atoms with E-state index in [-0.39, 0.29) is 6.04 Å². The van der Waals surface area contributed by atoms with Crippen LogP contribution in [0.5, 0.6) is 0 Å². The molecule has 20 heavy (non-hydrogen) atoms. The molecule has 3 rings (SSSR count). The number of hydrogen-bond donors (Lipinski definition) is 1. The van der Waals surface area contributed by atoms with Gasteiger partial charge in [0.15, 0.2) is 0 Å². The van der Waals surface area contributed by atoms with E-state index in [1.807, 2.05) is 42.5 Å². The van der Waals surface area contributed by atoms with Gasteiger partial charge in [-0.25, -0.2) is 4.98 Å². The van der Waals surface area contributed by atoms with E-state index in [1.54, 1.807) is 11.3 Å². The van der Waals surface area contributed by atoms with Crippen molar-refractivity contribution in [2.24, 2.45) is 5.73 Å². The van der Waals surface area contributed by atoms with Gasteiger partial charge in [0.05, 0.1) is 11.7 Å². The zero-order valence-corrected chi connectivity index (χ0v) is 12.1. The van der Waals surface area contributed by atoms with Crippen LogP contribution in [-0.4, -0.2) is 4.98 Å². The number of nitrogens with two attached hydrogens (primary N) is 1. The van der Waals surface area contributed by atoms with Crippen LogP contribution in [0, 0.1) is 6.92 Å². The van der Waals surface area contributed by atoms with Crippen molar-refractivity contribution < 1.29 is 0 Å². The first-order chi connectivity index (χ1) is 9.75. The summed E-state index contributed by atoms with van der Waals surface area (Å²) in [5.74, 6) is 0. The Morgan fingerprint density at radius 2 is 1.70 bits per heavy atom. The summed E-state index contributed by atoms with van der Waals surface area (Å²) in [6.45, 7) is 2.10.